The molecular formula is C5H6Br4N4. The Morgan fingerprint density at radius 1 is 1.46 bits per heavy atom. The van der Waals surface area contributed by atoms with E-state index in [4.69, 9.17) is 0 Å². The highest BCUT2D eigenvalue weighted by atomic mass is 80.0. The van der Waals surface area contributed by atoms with Crippen LogP contribution in [0.3, 0.4) is 0 Å². The first-order valence-electron chi connectivity index (χ1n) is 3.33. The lowest BCUT2D eigenvalue weighted by atomic mass is 10.3. The number of alkyl halides is 4. The predicted molar refractivity (Wildman–Crippen MR) is 64.6 cm³/mol. The molecule has 4 nitrogen and oxygen atoms in total. The largest absolute Gasteiger partial charge is 0.188 e. The van der Waals surface area contributed by atoms with Crippen molar-refractivity contribution in [3.05, 3.63) is 5.82 Å². The molecule has 0 saturated carbocycles. The number of nitrogens with zero attached hydrogens (tertiary/aromatic N) is 4. The van der Waals surface area contributed by atoms with E-state index in [2.05, 4.69) is 79.1 Å². The maximum Gasteiger partial charge on any atom is 0.188 e. The molecule has 0 amide bonds. The third-order valence-corrected chi connectivity index (χ3v) is 2.92. The highest BCUT2D eigenvalue weighted by Gasteiger charge is 2.25. The van der Waals surface area contributed by atoms with E-state index in [0.29, 0.717) is 5.82 Å². The molecule has 0 spiro atoms. The molecule has 8 heteroatoms. The van der Waals surface area contributed by atoms with Crippen molar-refractivity contribution in [2.75, 3.05) is 0 Å². The monoisotopic (exact) mass is 438 g/mol. The van der Waals surface area contributed by atoms with Crippen LogP contribution in [0, 0.1) is 0 Å². The Bertz CT molecular complexity index is 280. The SMILES string of the molecule is Cn1nnc([C@H](Br)CC(Br)(Br)Br)n1. The van der Waals surface area contributed by atoms with E-state index in [1.165, 1.54) is 4.80 Å². The summed E-state index contributed by atoms with van der Waals surface area (Å²) >= 11 is 13.7. The first-order valence-corrected chi connectivity index (χ1v) is 6.62. The topological polar surface area (TPSA) is 43.6 Å². The molecule has 74 valence electrons. The standard InChI is InChI=1S/C5H6Br4N4/c1-13-11-4(10-12-13)3(6)2-5(7,8)9/h3H,2H2,1H3/t3-/m1/s1. The van der Waals surface area contributed by atoms with Gasteiger partial charge in [0.1, 0.15) is 2.14 Å². The Balaban J connectivity index is 2.64. The van der Waals surface area contributed by atoms with E-state index < -0.39 is 0 Å². The minimum absolute atomic E-state index is 0.0549. The first kappa shape index (κ1) is 12.1. The molecule has 0 aliphatic rings. The maximum atomic E-state index is 4.08. The molecule has 1 heterocycles. The summed E-state index contributed by atoms with van der Waals surface area (Å²) in [5.41, 5.74) is 0. The third-order valence-electron chi connectivity index (χ3n) is 1.21. The van der Waals surface area contributed by atoms with Gasteiger partial charge in [0.05, 0.1) is 11.9 Å². The highest BCUT2D eigenvalue weighted by molar-refractivity contribution is 9.39. The molecule has 1 rings (SSSR count). The Kier molecular flexibility index (Phi) is 4.34. The molecular weight excluding hydrogens is 436 g/mol. The molecule has 0 bridgehead atoms. The van der Waals surface area contributed by atoms with Crippen LogP contribution in [0.2, 0.25) is 0 Å². The van der Waals surface area contributed by atoms with Gasteiger partial charge >= 0.3 is 0 Å². The summed E-state index contributed by atoms with van der Waals surface area (Å²) < 4.78 is -0.291. The van der Waals surface area contributed by atoms with Gasteiger partial charge in [-0.2, -0.15) is 4.80 Å². The van der Waals surface area contributed by atoms with Crippen molar-refractivity contribution in [2.24, 2.45) is 7.05 Å². The number of aromatic nitrogens is 4. The molecule has 0 aromatic carbocycles. The zero-order chi connectivity index (χ0) is 10.1. The second-order valence-electron chi connectivity index (χ2n) is 2.42. The van der Waals surface area contributed by atoms with Crippen LogP contribution in [0.4, 0.5) is 0 Å². The van der Waals surface area contributed by atoms with E-state index in [1.807, 2.05) is 0 Å². The average Bonchev–Trinajstić information content (AvgIpc) is 2.31. The Labute approximate surface area is 109 Å². The fourth-order valence-corrected chi connectivity index (χ4v) is 3.66. The summed E-state index contributed by atoms with van der Waals surface area (Å²) in [6.45, 7) is 0. The molecule has 0 fully saturated rings. The minimum atomic E-state index is -0.291. The molecule has 0 aliphatic carbocycles. The van der Waals surface area contributed by atoms with Gasteiger partial charge in [0.25, 0.3) is 0 Å². The minimum Gasteiger partial charge on any atom is -0.167 e. The van der Waals surface area contributed by atoms with Crippen LogP contribution in [0.25, 0.3) is 0 Å². The van der Waals surface area contributed by atoms with Gasteiger partial charge in [0.15, 0.2) is 5.82 Å². The molecule has 0 saturated heterocycles. The van der Waals surface area contributed by atoms with E-state index >= 15 is 0 Å². The Morgan fingerprint density at radius 3 is 2.46 bits per heavy atom. The van der Waals surface area contributed by atoms with Gasteiger partial charge in [-0.1, -0.05) is 63.7 Å². The van der Waals surface area contributed by atoms with Crippen molar-refractivity contribution in [2.45, 2.75) is 13.4 Å². The average molecular weight is 442 g/mol. The second kappa shape index (κ2) is 4.67. The van der Waals surface area contributed by atoms with Gasteiger partial charge < -0.3 is 0 Å². The zero-order valence-corrected chi connectivity index (χ0v) is 12.9. The van der Waals surface area contributed by atoms with Crippen LogP contribution >= 0.6 is 63.7 Å². The molecule has 1 aromatic heterocycles. The first-order chi connectivity index (χ1) is 5.88. The fraction of sp³-hybridized carbons (Fsp3) is 0.800. The van der Waals surface area contributed by atoms with Crippen molar-refractivity contribution < 1.29 is 0 Å². The zero-order valence-electron chi connectivity index (χ0n) is 6.59. The summed E-state index contributed by atoms with van der Waals surface area (Å²) in [6.07, 6.45) is 0.749. The molecule has 0 aliphatic heterocycles. The van der Waals surface area contributed by atoms with Crippen LogP contribution in [-0.2, 0) is 7.05 Å². The normalized spacial score (nSPS) is 14.5. The van der Waals surface area contributed by atoms with Crippen LogP contribution < -0.4 is 0 Å². The molecule has 0 unspecified atom stereocenters. The number of tetrazole rings is 1. The lowest BCUT2D eigenvalue weighted by molar-refractivity contribution is 0.626. The van der Waals surface area contributed by atoms with Gasteiger partial charge in [-0.05, 0) is 5.21 Å². The summed E-state index contributed by atoms with van der Waals surface area (Å²) in [5, 5.41) is 11.7. The van der Waals surface area contributed by atoms with Crippen LogP contribution in [-0.4, -0.2) is 22.4 Å². The van der Waals surface area contributed by atoms with Crippen LogP contribution in [0.1, 0.15) is 17.1 Å². The number of rotatable bonds is 2. The second-order valence-corrected chi connectivity index (χ2v) is 10.8. The van der Waals surface area contributed by atoms with Crippen molar-refractivity contribution in [3.63, 3.8) is 0 Å². The maximum absolute atomic E-state index is 4.08. The van der Waals surface area contributed by atoms with E-state index in [0.717, 1.165) is 6.42 Å². The van der Waals surface area contributed by atoms with Gasteiger partial charge in [-0.15, -0.1) is 10.2 Å². The molecule has 1 aromatic rings. The lowest BCUT2D eigenvalue weighted by Crippen LogP contribution is -2.05. The summed E-state index contributed by atoms with van der Waals surface area (Å²) in [7, 11) is 1.74. The van der Waals surface area contributed by atoms with Crippen molar-refractivity contribution in [1.29, 1.82) is 0 Å². The van der Waals surface area contributed by atoms with Gasteiger partial charge in [-0.3, -0.25) is 0 Å². The Morgan fingerprint density at radius 2 is 2.08 bits per heavy atom. The lowest BCUT2D eigenvalue weighted by Gasteiger charge is -2.13. The molecule has 0 N–H and O–H groups in total. The third kappa shape index (κ3) is 4.35. The van der Waals surface area contributed by atoms with Crippen LogP contribution in [0.15, 0.2) is 0 Å². The van der Waals surface area contributed by atoms with Crippen molar-refractivity contribution in [1.82, 2.24) is 20.2 Å². The quantitative estimate of drug-likeness (QED) is 0.663. The van der Waals surface area contributed by atoms with E-state index in [1.54, 1.807) is 7.05 Å². The molecule has 0 radical (unpaired) electrons. The smallest absolute Gasteiger partial charge is 0.167 e. The summed E-state index contributed by atoms with van der Waals surface area (Å²) in [5.74, 6) is 0.672. The molecule has 1 atom stereocenters. The predicted octanol–water partition coefficient (Wildman–Crippen LogP) is 2.87. The summed E-state index contributed by atoms with van der Waals surface area (Å²) in [4.78, 5) is 1.49. The van der Waals surface area contributed by atoms with Crippen LogP contribution in [0.5, 0.6) is 0 Å². The summed E-state index contributed by atoms with van der Waals surface area (Å²) in [6, 6.07) is 0. The number of halogens is 4. The van der Waals surface area contributed by atoms with Crippen molar-refractivity contribution in [3.8, 4) is 0 Å². The van der Waals surface area contributed by atoms with Gasteiger partial charge in [-0.25, -0.2) is 0 Å². The number of aryl methyl sites for hydroxylation is 1. The van der Waals surface area contributed by atoms with E-state index in [9.17, 15) is 0 Å². The van der Waals surface area contributed by atoms with Gasteiger partial charge in [0.2, 0.25) is 0 Å². The molecule has 13 heavy (non-hydrogen) atoms. The highest BCUT2D eigenvalue weighted by Crippen LogP contribution is 2.43. The van der Waals surface area contributed by atoms with Gasteiger partial charge in [0, 0.05) is 6.42 Å². The number of hydrogen-bond acceptors (Lipinski definition) is 3. The Hall–Kier alpha value is 0.990. The van der Waals surface area contributed by atoms with E-state index in [-0.39, 0.29) is 6.97 Å². The fourth-order valence-electron chi connectivity index (χ4n) is 0.719. The van der Waals surface area contributed by atoms with Crippen molar-refractivity contribution >= 4 is 63.7 Å². The number of hydrogen-bond donors (Lipinski definition) is 0.